The SMILES string of the molecule is CC(C)(O)[C@H]1CC[C@@](C)([C@H]2CC[C@]3(C)[C@@H]2[C@H](O)C[C@@H]2[C@@]4(C)CC[C@H](O)C(C)(C)[C@@H]4[C@@H](O[C@@H]4O[C@H](CO)[C@H](O)[C@H](O)[C@H]4O)C[C@]23C)O1. The molecule has 266 valence electrons. The van der Waals surface area contributed by atoms with Gasteiger partial charge in [0.25, 0.3) is 0 Å². The highest BCUT2D eigenvalue weighted by Gasteiger charge is 2.74. The van der Waals surface area contributed by atoms with Crippen molar-refractivity contribution < 1.29 is 50.0 Å². The Morgan fingerprint density at radius 3 is 2.11 bits per heavy atom. The van der Waals surface area contributed by atoms with Gasteiger partial charge in [-0.15, -0.1) is 0 Å². The lowest BCUT2D eigenvalue weighted by molar-refractivity contribution is -0.347. The molecule has 6 fully saturated rings. The summed E-state index contributed by atoms with van der Waals surface area (Å²) in [4.78, 5) is 0. The van der Waals surface area contributed by atoms with E-state index in [1.165, 1.54) is 0 Å². The number of hydrogen-bond donors (Lipinski definition) is 7. The fraction of sp³-hybridized carbons (Fsp3) is 1.00. The number of aliphatic hydroxyl groups excluding tert-OH is 6. The van der Waals surface area contributed by atoms with Crippen LogP contribution in [-0.4, -0.2) is 109 Å². The van der Waals surface area contributed by atoms with E-state index < -0.39 is 72.2 Å². The van der Waals surface area contributed by atoms with Crippen molar-refractivity contribution >= 4 is 0 Å². The van der Waals surface area contributed by atoms with Gasteiger partial charge in [0.1, 0.15) is 24.4 Å². The Hall–Kier alpha value is -0.400. The summed E-state index contributed by atoms with van der Waals surface area (Å²) >= 11 is 0. The van der Waals surface area contributed by atoms with Crippen molar-refractivity contribution in [3.63, 3.8) is 0 Å². The molecule has 6 aliphatic rings. The third-order valence-electron chi connectivity index (χ3n) is 15.3. The van der Waals surface area contributed by atoms with Crippen molar-refractivity contribution in [3.8, 4) is 0 Å². The van der Waals surface area contributed by atoms with Gasteiger partial charge in [0, 0.05) is 0 Å². The minimum Gasteiger partial charge on any atom is -0.394 e. The molecule has 2 aliphatic heterocycles. The molecule has 0 unspecified atom stereocenters. The molecule has 46 heavy (non-hydrogen) atoms. The van der Waals surface area contributed by atoms with Gasteiger partial charge in [-0.2, -0.15) is 0 Å². The highest BCUT2D eigenvalue weighted by Crippen LogP contribution is 2.76. The number of ether oxygens (including phenoxy) is 3. The maximum Gasteiger partial charge on any atom is 0.186 e. The quantitative estimate of drug-likeness (QED) is 0.219. The van der Waals surface area contributed by atoms with E-state index >= 15 is 0 Å². The maximum atomic E-state index is 12.2. The molecule has 0 radical (unpaired) electrons. The molecule has 4 saturated carbocycles. The van der Waals surface area contributed by atoms with Gasteiger partial charge < -0.3 is 50.0 Å². The average molecular weight is 655 g/mol. The van der Waals surface area contributed by atoms with Crippen LogP contribution in [0.25, 0.3) is 0 Å². The molecule has 0 aromatic carbocycles. The summed E-state index contributed by atoms with van der Waals surface area (Å²) in [5.74, 6) is 0.0944. The first kappa shape index (κ1) is 35.4. The number of rotatable bonds is 5. The van der Waals surface area contributed by atoms with Gasteiger partial charge in [0.05, 0.1) is 42.2 Å². The molecule has 2 saturated heterocycles. The summed E-state index contributed by atoms with van der Waals surface area (Å²) in [5.41, 5.74) is -2.83. The summed E-state index contributed by atoms with van der Waals surface area (Å²) in [6, 6.07) is 0. The van der Waals surface area contributed by atoms with Crippen molar-refractivity contribution in [2.45, 2.75) is 173 Å². The molecule has 17 atom stereocenters. The van der Waals surface area contributed by atoms with Crippen molar-refractivity contribution in [2.24, 2.45) is 45.3 Å². The number of hydrogen-bond acceptors (Lipinski definition) is 10. The summed E-state index contributed by atoms with van der Waals surface area (Å²) in [6.45, 7) is 16.4. The summed E-state index contributed by atoms with van der Waals surface area (Å²) < 4.78 is 19.4. The third-order valence-corrected chi connectivity index (χ3v) is 15.3. The molecule has 2 heterocycles. The standard InChI is InChI=1S/C36H62O10/c1-31(2)23(39)10-12-33(5)22-15-19(38)25-18(36(8)14-11-24(46-36)32(3,4)43)9-13-34(25,6)35(22,7)16-20(29(31)33)44-30-28(42)27(41)26(40)21(17-37)45-30/h18-30,37-43H,9-17H2,1-8H3/t18-,19+,20-,21+,22+,23-,24+,25-,26-,27-,28+,29-,30+,33+,34+,35+,36-/m0/s1. The van der Waals surface area contributed by atoms with E-state index in [0.717, 1.165) is 32.1 Å². The second-order valence-electron chi connectivity index (χ2n) is 18.4. The monoisotopic (exact) mass is 654 g/mol. The van der Waals surface area contributed by atoms with Crippen LogP contribution in [0.15, 0.2) is 0 Å². The van der Waals surface area contributed by atoms with Gasteiger partial charge in [0.15, 0.2) is 6.29 Å². The molecule has 4 aliphatic carbocycles. The zero-order valence-electron chi connectivity index (χ0n) is 29.2. The van der Waals surface area contributed by atoms with Crippen LogP contribution in [-0.2, 0) is 14.2 Å². The van der Waals surface area contributed by atoms with Gasteiger partial charge >= 0.3 is 0 Å². The molecular formula is C36H62O10. The van der Waals surface area contributed by atoms with Crippen molar-refractivity contribution in [1.82, 2.24) is 0 Å². The summed E-state index contributed by atoms with van der Waals surface area (Å²) in [5, 5.41) is 76.4. The Morgan fingerprint density at radius 1 is 0.826 bits per heavy atom. The molecule has 0 amide bonds. The van der Waals surface area contributed by atoms with Crippen LogP contribution < -0.4 is 0 Å². The topological polar surface area (TPSA) is 169 Å². The maximum absolute atomic E-state index is 12.2. The molecule has 0 spiro atoms. The second-order valence-corrected chi connectivity index (χ2v) is 18.4. The van der Waals surface area contributed by atoms with Crippen LogP contribution in [0.4, 0.5) is 0 Å². The van der Waals surface area contributed by atoms with Crippen molar-refractivity contribution in [1.29, 1.82) is 0 Å². The molecule has 10 nitrogen and oxygen atoms in total. The minimum atomic E-state index is -1.54. The van der Waals surface area contributed by atoms with Gasteiger partial charge in [-0.25, -0.2) is 0 Å². The molecule has 10 heteroatoms. The first-order valence-corrected chi connectivity index (χ1v) is 17.9. The predicted molar refractivity (Wildman–Crippen MR) is 169 cm³/mol. The van der Waals surface area contributed by atoms with E-state index in [1.807, 2.05) is 0 Å². The number of fused-ring (bicyclic) bond motifs is 5. The Labute approximate surface area is 274 Å². The van der Waals surface area contributed by atoms with Crippen LogP contribution >= 0.6 is 0 Å². The normalized spacial score (nSPS) is 57.1. The van der Waals surface area contributed by atoms with Gasteiger partial charge in [-0.3, -0.25) is 0 Å². The van der Waals surface area contributed by atoms with Crippen LogP contribution in [0, 0.1) is 45.3 Å². The molecular weight excluding hydrogens is 592 g/mol. The van der Waals surface area contributed by atoms with E-state index in [2.05, 4.69) is 41.5 Å². The lowest BCUT2D eigenvalue weighted by Crippen LogP contribution is -2.71. The highest BCUT2D eigenvalue weighted by molar-refractivity contribution is 5.22. The Kier molecular flexibility index (Phi) is 8.71. The third kappa shape index (κ3) is 4.94. The van der Waals surface area contributed by atoms with Gasteiger partial charge in [-0.05, 0) is 117 Å². The van der Waals surface area contributed by atoms with E-state index in [-0.39, 0.29) is 46.0 Å². The fourth-order valence-electron chi connectivity index (χ4n) is 12.7. The minimum absolute atomic E-state index is 0.0189. The Morgan fingerprint density at radius 2 is 1.50 bits per heavy atom. The first-order chi connectivity index (χ1) is 21.2. The lowest BCUT2D eigenvalue weighted by atomic mass is 9.34. The Bertz CT molecular complexity index is 1140. The van der Waals surface area contributed by atoms with E-state index in [4.69, 9.17) is 14.2 Å². The number of aliphatic hydroxyl groups is 7. The van der Waals surface area contributed by atoms with Crippen LogP contribution in [0.1, 0.15) is 107 Å². The average Bonchev–Trinajstić information content (AvgIpc) is 3.55. The van der Waals surface area contributed by atoms with Crippen LogP contribution in [0.2, 0.25) is 0 Å². The first-order valence-electron chi connectivity index (χ1n) is 17.9. The molecule has 0 aromatic heterocycles. The van der Waals surface area contributed by atoms with Crippen LogP contribution in [0.5, 0.6) is 0 Å². The summed E-state index contributed by atoms with van der Waals surface area (Å²) in [7, 11) is 0. The Balaban J connectivity index is 1.38. The van der Waals surface area contributed by atoms with Crippen molar-refractivity contribution in [3.05, 3.63) is 0 Å². The van der Waals surface area contributed by atoms with E-state index in [9.17, 15) is 35.7 Å². The molecule has 0 bridgehead atoms. The van der Waals surface area contributed by atoms with Crippen molar-refractivity contribution in [2.75, 3.05) is 6.61 Å². The van der Waals surface area contributed by atoms with Crippen LogP contribution in [0.3, 0.4) is 0 Å². The highest BCUT2D eigenvalue weighted by atomic mass is 16.7. The lowest BCUT2D eigenvalue weighted by Gasteiger charge is -2.72. The molecule has 0 aromatic rings. The van der Waals surface area contributed by atoms with E-state index in [0.29, 0.717) is 19.3 Å². The summed E-state index contributed by atoms with van der Waals surface area (Å²) in [6.07, 6.45) is -2.57. The smallest absolute Gasteiger partial charge is 0.186 e. The second kappa shape index (κ2) is 11.3. The largest absolute Gasteiger partial charge is 0.394 e. The van der Waals surface area contributed by atoms with Gasteiger partial charge in [-0.1, -0.05) is 34.6 Å². The zero-order chi connectivity index (χ0) is 34.0. The van der Waals surface area contributed by atoms with Gasteiger partial charge in [0.2, 0.25) is 0 Å². The zero-order valence-corrected chi connectivity index (χ0v) is 29.2. The molecule has 6 rings (SSSR count). The predicted octanol–water partition coefficient (Wildman–Crippen LogP) is 2.51. The fourth-order valence-corrected chi connectivity index (χ4v) is 12.7. The van der Waals surface area contributed by atoms with E-state index in [1.54, 1.807) is 13.8 Å². The molecule has 7 N–H and O–H groups in total.